The molecular weight excluding hydrogens is 428 g/mol. The van der Waals surface area contributed by atoms with Crippen LogP contribution in [0.25, 0.3) is 0 Å². The first-order valence-electron chi connectivity index (χ1n) is 12.5. The van der Waals surface area contributed by atoms with Crippen LogP contribution in [0.2, 0.25) is 0 Å². The summed E-state index contributed by atoms with van der Waals surface area (Å²) in [6, 6.07) is 20.0. The first-order valence-corrected chi connectivity index (χ1v) is 12.5. The highest BCUT2D eigenvalue weighted by Crippen LogP contribution is 2.24. The minimum Gasteiger partial charge on any atom is -0.457 e. The maximum absolute atomic E-state index is 11.9. The lowest BCUT2D eigenvalue weighted by molar-refractivity contribution is -0.150. The number of benzene rings is 2. The van der Waals surface area contributed by atoms with Crippen molar-refractivity contribution in [1.82, 2.24) is 9.80 Å². The summed E-state index contributed by atoms with van der Waals surface area (Å²) in [6.07, 6.45) is 1.95. The van der Waals surface area contributed by atoms with E-state index in [2.05, 4.69) is 9.80 Å². The smallest absolute Gasteiger partial charge is 0.306 e. The lowest BCUT2D eigenvalue weighted by atomic mass is 10.1. The van der Waals surface area contributed by atoms with E-state index in [1.165, 1.54) is 0 Å². The van der Waals surface area contributed by atoms with E-state index in [0.717, 1.165) is 63.2 Å². The van der Waals surface area contributed by atoms with Gasteiger partial charge in [0.1, 0.15) is 12.2 Å². The molecule has 2 unspecified atom stereocenters. The highest BCUT2D eigenvalue weighted by Gasteiger charge is 2.22. The molecule has 184 valence electrons. The van der Waals surface area contributed by atoms with Crippen molar-refractivity contribution in [1.29, 1.82) is 0 Å². The van der Waals surface area contributed by atoms with E-state index < -0.39 is 0 Å². The molecule has 1 heterocycles. The second-order valence-corrected chi connectivity index (χ2v) is 8.75. The van der Waals surface area contributed by atoms with Crippen LogP contribution in [0.3, 0.4) is 0 Å². The standard InChI is InChI=1S/C28H38N2O4/c1-3-27(31)33-25(23-11-7-5-8-12-23)15-17-29-19-21-30(22-20-29)18-16-26(34-28(32)4-2)24-13-9-6-10-14-24/h5-14,25-26H,3-4,15-22H2,1-2H3. The van der Waals surface area contributed by atoms with Gasteiger partial charge in [0.2, 0.25) is 0 Å². The van der Waals surface area contributed by atoms with Crippen molar-refractivity contribution in [2.45, 2.75) is 51.7 Å². The minimum absolute atomic E-state index is 0.157. The van der Waals surface area contributed by atoms with Crippen molar-refractivity contribution in [3.8, 4) is 0 Å². The molecular formula is C28H38N2O4. The van der Waals surface area contributed by atoms with Gasteiger partial charge in [-0.05, 0) is 11.1 Å². The Morgan fingerprint density at radius 2 is 1.03 bits per heavy atom. The summed E-state index contributed by atoms with van der Waals surface area (Å²) in [5.41, 5.74) is 2.10. The third kappa shape index (κ3) is 8.26. The van der Waals surface area contributed by atoms with Gasteiger partial charge in [0.05, 0.1) is 0 Å². The summed E-state index contributed by atoms with van der Waals surface area (Å²) in [6.45, 7) is 9.37. The van der Waals surface area contributed by atoms with Crippen LogP contribution in [0.5, 0.6) is 0 Å². The molecule has 3 rings (SSSR count). The van der Waals surface area contributed by atoms with Gasteiger partial charge in [-0.25, -0.2) is 0 Å². The first-order chi connectivity index (χ1) is 16.6. The molecule has 0 saturated carbocycles. The molecule has 2 aromatic carbocycles. The largest absolute Gasteiger partial charge is 0.457 e. The summed E-state index contributed by atoms with van der Waals surface area (Å²) in [7, 11) is 0. The van der Waals surface area contributed by atoms with E-state index in [1.807, 2.05) is 74.5 Å². The summed E-state index contributed by atoms with van der Waals surface area (Å²) in [5, 5.41) is 0. The zero-order valence-corrected chi connectivity index (χ0v) is 20.5. The molecule has 6 heteroatoms. The van der Waals surface area contributed by atoms with Gasteiger partial charge in [0, 0.05) is 65.0 Å². The molecule has 0 radical (unpaired) electrons. The molecule has 6 nitrogen and oxygen atoms in total. The average molecular weight is 467 g/mol. The van der Waals surface area contributed by atoms with Gasteiger partial charge in [0.15, 0.2) is 0 Å². The van der Waals surface area contributed by atoms with Gasteiger partial charge in [-0.3, -0.25) is 9.59 Å². The Labute approximate surface area is 203 Å². The maximum atomic E-state index is 11.9. The number of nitrogens with zero attached hydrogens (tertiary/aromatic N) is 2. The quantitative estimate of drug-likeness (QED) is 0.420. The van der Waals surface area contributed by atoms with Gasteiger partial charge in [-0.1, -0.05) is 74.5 Å². The third-order valence-corrected chi connectivity index (χ3v) is 6.35. The summed E-state index contributed by atoms with van der Waals surface area (Å²) in [4.78, 5) is 28.7. The Hall–Kier alpha value is -2.70. The fourth-order valence-electron chi connectivity index (χ4n) is 4.24. The van der Waals surface area contributed by atoms with Crippen LogP contribution in [0.1, 0.15) is 62.9 Å². The fraction of sp³-hybridized carbons (Fsp3) is 0.500. The SMILES string of the molecule is CCC(=O)OC(CCN1CCN(CCC(OC(=O)CC)c2ccccc2)CC1)c1ccccc1. The molecule has 0 aromatic heterocycles. The molecule has 1 aliphatic heterocycles. The van der Waals surface area contributed by atoms with Crippen LogP contribution in [0.15, 0.2) is 60.7 Å². The van der Waals surface area contributed by atoms with Crippen molar-refractivity contribution in [3.63, 3.8) is 0 Å². The molecule has 0 bridgehead atoms. The van der Waals surface area contributed by atoms with E-state index in [-0.39, 0.29) is 24.1 Å². The van der Waals surface area contributed by atoms with Gasteiger partial charge >= 0.3 is 11.9 Å². The van der Waals surface area contributed by atoms with Crippen molar-refractivity contribution < 1.29 is 19.1 Å². The van der Waals surface area contributed by atoms with Gasteiger partial charge in [0.25, 0.3) is 0 Å². The molecule has 1 fully saturated rings. The van der Waals surface area contributed by atoms with Crippen LogP contribution in [0.4, 0.5) is 0 Å². The number of hydrogen-bond acceptors (Lipinski definition) is 6. The Balaban J connectivity index is 1.46. The summed E-state index contributed by atoms with van der Waals surface area (Å²) >= 11 is 0. The Morgan fingerprint density at radius 3 is 1.35 bits per heavy atom. The lowest BCUT2D eigenvalue weighted by Gasteiger charge is -2.35. The monoisotopic (exact) mass is 466 g/mol. The number of rotatable bonds is 12. The molecule has 2 atom stereocenters. The molecule has 2 aromatic rings. The molecule has 0 amide bonds. The Kier molecular flexibility index (Phi) is 10.6. The second kappa shape index (κ2) is 13.9. The molecule has 34 heavy (non-hydrogen) atoms. The number of piperazine rings is 1. The summed E-state index contributed by atoms with van der Waals surface area (Å²) < 4.78 is 11.5. The third-order valence-electron chi connectivity index (χ3n) is 6.35. The number of carbonyl (C=O) groups is 2. The number of ether oxygens (including phenoxy) is 2. The molecule has 1 aliphatic rings. The van der Waals surface area contributed by atoms with E-state index in [1.54, 1.807) is 0 Å². The normalized spacial score (nSPS) is 16.5. The highest BCUT2D eigenvalue weighted by atomic mass is 16.5. The van der Waals surface area contributed by atoms with Crippen molar-refractivity contribution in [2.24, 2.45) is 0 Å². The molecule has 1 saturated heterocycles. The zero-order valence-electron chi connectivity index (χ0n) is 20.5. The van der Waals surface area contributed by atoms with Gasteiger partial charge in [-0.15, -0.1) is 0 Å². The van der Waals surface area contributed by atoms with E-state index in [0.29, 0.717) is 12.8 Å². The van der Waals surface area contributed by atoms with Crippen molar-refractivity contribution in [3.05, 3.63) is 71.8 Å². The predicted octanol–water partition coefficient (Wildman–Crippen LogP) is 4.77. The van der Waals surface area contributed by atoms with Crippen LogP contribution >= 0.6 is 0 Å². The number of hydrogen-bond donors (Lipinski definition) is 0. The fourth-order valence-corrected chi connectivity index (χ4v) is 4.24. The topological polar surface area (TPSA) is 59.1 Å². The van der Waals surface area contributed by atoms with Crippen LogP contribution in [-0.4, -0.2) is 61.0 Å². The van der Waals surface area contributed by atoms with Gasteiger partial charge in [-0.2, -0.15) is 0 Å². The Bertz CT molecular complexity index is 793. The molecule has 0 spiro atoms. The second-order valence-electron chi connectivity index (χ2n) is 8.75. The van der Waals surface area contributed by atoms with Crippen molar-refractivity contribution >= 4 is 11.9 Å². The first kappa shape index (κ1) is 25.9. The van der Waals surface area contributed by atoms with Gasteiger partial charge < -0.3 is 19.3 Å². The molecule has 0 aliphatic carbocycles. The van der Waals surface area contributed by atoms with Crippen LogP contribution in [0, 0.1) is 0 Å². The number of carbonyl (C=O) groups excluding carboxylic acids is 2. The Morgan fingerprint density at radius 1 is 0.676 bits per heavy atom. The highest BCUT2D eigenvalue weighted by molar-refractivity contribution is 5.69. The predicted molar refractivity (Wildman–Crippen MR) is 133 cm³/mol. The maximum Gasteiger partial charge on any atom is 0.306 e. The lowest BCUT2D eigenvalue weighted by Crippen LogP contribution is -2.47. The summed E-state index contributed by atoms with van der Waals surface area (Å²) in [5.74, 6) is -0.314. The van der Waals surface area contributed by atoms with Crippen LogP contribution < -0.4 is 0 Å². The van der Waals surface area contributed by atoms with E-state index >= 15 is 0 Å². The molecule has 0 N–H and O–H groups in total. The zero-order chi connectivity index (χ0) is 24.2. The van der Waals surface area contributed by atoms with Crippen LogP contribution in [-0.2, 0) is 19.1 Å². The van der Waals surface area contributed by atoms with E-state index in [4.69, 9.17) is 9.47 Å². The number of esters is 2. The minimum atomic E-state index is -0.202. The van der Waals surface area contributed by atoms with Crippen molar-refractivity contribution in [2.75, 3.05) is 39.3 Å². The average Bonchev–Trinajstić information content (AvgIpc) is 2.90. The van der Waals surface area contributed by atoms with E-state index in [9.17, 15) is 9.59 Å².